The van der Waals surface area contributed by atoms with E-state index < -0.39 is 0 Å². The molecule has 1 atom stereocenters. The molecule has 1 saturated heterocycles. The molecule has 3 aromatic carbocycles. The van der Waals surface area contributed by atoms with Gasteiger partial charge in [0, 0.05) is 19.6 Å². The number of piperidine rings is 1. The smallest absolute Gasteiger partial charge is 0.227 e. The molecule has 1 heterocycles. The van der Waals surface area contributed by atoms with Crippen molar-refractivity contribution in [3.05, 3.63) is 83.9 Å². The lowest BCUT2D eigenvalue weighted by Gasteiger charge is -2.32. The van der Waals surface area contributed by atoms with E-state index in [1.807, 2.05) is 47.4 Å². The Morgan fingerprint density at radius 3 is 2.58 bits per heavy atom. The number of likely N-dealkylation sites (tertiary alicyclic amines) is 1. The molecule has 0 aliphatic carbocycles. The second-order valence-corrected chi connectivity index (χ2v) is 8.37. The molecule has 1 aliphatic heterocycles. The molecule has 2 amide bonds. The van der Waals surface area contributed by atoms with Gasteiger partial charge in [0.05, 0.1) is 12.3 Å². The minimum atomic E-state index is -0.109. The van der Waals surface area contributed by atoms with Gasteiger partial charge >= 0.3 is 0 Å². The van der Waals surface area contributed by atoms with Crippen molar-refractivity contribution in [3.63, 3.8) is 0 Å². The zero-order valence-corrected chi connectivity index (χ0v) is 17.9. The lowest BCUT2D eigenvalue weighted by molar-refractivity contribution is -0.135. The van der Waals surface area contributed by atoms with Gasteiger partial charge in [0.1, 0.15) is 0 Å². The summed E-state index contributed by atoms with van der Waals surface area (Å²) in [6.45, 7) is 1.93. The van der Waals surface area contributed by atoms with Crippen LogP contribution < -0.4 is 5.32 Å². The maximum atomic E-state index is 13.0. The van der Waals surface area contributed by atoms with Gasteiger partial charge in [-0.3, -0.25) is 9.59 Å². The van der Waals surface area contributed by atoms with E-state index in [1.165, 1.54) is 5.56 Å². The van der Waals surface area contributed by atoms with E-state index in [9.17, 15) is 9.59 Å². The third-order valence-corrected chi connectivity index (χ3v) is 6.15. The molecule has 1 aliphatic rings. The van der Waals surface area contributed by atoms with Gasteiger partial charge in [-0.2, -0.15) is 0 Å². The fourth-order valence-electron chi connectivity index (χ4n) is 4.43. The normalized spacial score (nSPS) is 16.3. The predicted molar refractivity (Wildman–Crippen MR) is 125 cm³/mol. The summed E-state index contributed by atoms with van der Waals surface area (Å²) in [4.78, 5) is 27.5. The molecule has 4 rings (SSSR count). The minimum Gasteiger partial charge on any atom is -0.356 e. The maximum absolute atomic E-state index is 13.0. The Bertz CT molecular complexity index is 1030. The molecule has 0 spiro atoms. The first kappa shape index (κ1) is 21.1. The van der Waals surface area contributed by atoms with Crippen LogP contribution in [-0.2, 0) is 22.4 Å². The van der Waals surface area contributed by atoms with Gasteiger partial charge in [-0.1, -0.05) is 72.8 Å². The Labute approximate surface area is 184 Å². The molecule has 0 saturated carbocycles. The number of aryl methyl sites for hydroxylation is 1. The van der Waals surface area contributed by atoms with E-state index in [2.05, 4.69) is 35.6 Å². The highest BCUT2D eigenvalue weighted by molar-refractivity contribution is 5.90. The van der Waals surface area contributed by atoms with Crippen LogP contribution in [0.5, 0.6) is 0 Å². The third-order valence-electron chi connectivity index (χ3n) is 6.15. The number of carbonyl (C=O) groups excluding carboxylic acids is 2. The molecule has 160 valence electrons. The molecule has 0 unspecified atom stereocenters. The molecule has 1 fully saturated rings. The number of amides is 2. The molecule has 31 heavy (non-hydrogen) atoms. The van der Waals surface area contributed by atoms with Gasteiger partial charge in [0.15, 0.2) is 0 Å². The lowest BCUT2D eigenvalue weighted by Crippen LogP contribution is -2.46. The zero-order chi connectivity index (χ0) is 21.5. The van der Waals surface area contributed by atoms with Gasteiger partial charge < -0.3 is 10.2 Å². The summed E-state index contributed by atoms with van der Waals surface area (Å²) in [6, 6.07) is 24.6. The molecule has 4 nitrogen and oxygen atoms in total. The first-order valence-corrected chi connectivity index (χ1v) is 11.3. The van der Waals surface area contributed by atoms with Crippen LogP contribution in [-0.4, -0.2) is 36.3 Å². The Morgan fingerprint density at radius 2 is 1.71 bits per heavy atom. The van der Waals surface area contributed by atoms with E-state index in [4.69, 9.17) is 0 Å². The highest BCUT2D eigenvalue weighted by atomic mass is 16.2. The second kappa shape index (κ2) is 10.3. The number of fused-ring (bicyclic) bond motifs is 1. The highest BCUT2D eigenvalue weighted by Crippen LogP contribution is 2.22. The Morgan fingerprint density at radius 1 is 0.935 bits per heavy atom. The number of rotatable bonds is 7. The van der Waals surface area contributed by atoms with Crippen LogP contribution in [0.25, 0.3) is 10.8 Å². The van der Waals surface area contributed by atoms with Crippen molar-refractivity contribution in [2.75, 3.05) is 19.6 Å². The number of nitrogens with zero attached hydrogens (tertiary/aromatic N) is 1. The summed E-state index contributed by atoms with van der Waals surface area (Å²) >= 11 is 0. The summed E-state index contributed by atoms with van der Waals surface area (Å²) in [5, 5.41) is 5.36. The molecule has 1 N–H and O–H groups in total. The number of nitrogens with one attached hydrogen (secondary N) is 1. The zero-order valence-electron chi connectivity index (χ0n) is 17.9. The molecule has 3 aromatic rings. The average Bonchev–Trinajstić information content (AvgIpc) is 2.82. The van der Waals surface area contributed by atoms with Crippen molar-refractivity contribution in [3.8, 4) is 0 Å². The quantitative estimate of drug-likeness (QED) is 0.584. The summed E-state index contributed by atoms with van der Waals surface area (Å²) in [5.74, 6) is 0.0793. The van der Waals surface area contributed by atoms with Gasteiger partial charge in [-0.15, -0.1) is 0 Å². The Hall–Kier alpha value is -3.14. The minimum absolute atomic E-state index is 0.0794. The van der Waals surface area contributed by atoms with Crippen LogP contribution in [0.1, 0.15) is 30.4 Å². The van der Waals surface area contributed by atoms with Crippen LogP contribution in [0.4, 0.5) is 0 Å². The van der Waals surface area contributed by atoms with E-state index >= 15 is 0 Å². The standard InChI is InChI=1S/C27H30N2O2/c30-26(19-23-14-6-13-22-12-4-5-16-25(22)23)29-18-8-15-24(20-29)27(31)28-17-7-11-21-9-2-1-3-10-21/h1-6,9-10,12-14,16,24H,7-8,11,15,17-20H2,(H,28,31)/t24-/m0/s1. The SMILES string of the molecule is O=C(NCCCc1ccccc1)[C@H]1CCCN(C(=O)Cc2cccc3ccccc23)C1. The van der Waals surface area contributed by atoms with Crippen molar-refractivity contribution in [2.45, 2.75) is 32.1 Å². The van der Waals surface area contributed by atoms with Gasteiger partial charge in [0.25, 0.3) is 0 Å². The van der Waals surface area contributed by atoms with Crippen LogP contribution in [0.15, 0.2) is 72.8 Å². The van der Waals surface area contributed by atoms with Crippen LogP contribution in [0, 0.1) is 5.92 Å². The predicted octanol–water partition coefficient (Wildman–Crippen LogP) is 4.37. The van der Waals surface area contributed by atoms with Crippen molar-refractivity contribution < 1.29 is 9.59 Å². The molecule has 0 aromatic heterocycles. The van der Waals surface area contributed by atoms with Gasteiger partial charge in [0.2, 0.25) is 11.8 Å². The summed E-state index contributed by atoms with van der Waals surface area (Å²) in [7, 11) is 0. The highest BCUT2D eigenvalue weighted by Gasteiger charge is 2.28. The van der Waals surface area contributed by atoms with Crippen LogP contribution in [0.2, 0.25) is 0 Å². The summed E-state index contributed by atoms with van der Waals surface area (Å²) < 4.78 is 0. The topological polar surface area (TPSA) is 49.4 Å². The van der Waals surface area contributed by atoms with Gasteiger partial charge in [-0.05, 0) is 47.6 Å². The summed E-state index contributed by atoms with van der Waals surface area (Å²) in [6.07, 6.45) is 3.99. The third kappa shape index (κ3) is 5.52. The molecule has 0 bridgehead atoms. The fourth-order valence-corrected chi connectivity index (χ4v) is 4.43. The van der Waals surface area contributed by atoms with E-state index in [1.54, 1.807) is 0 Å². The van der Waals surface area contributed by atoms with Crippen LogP contribution >= 0.6 is 0 Å². The second-order valence-electron chi connectivity index (χ2n) is 8.37. The lowest BCUT2D eigenvalue weighted by atomic mass is 9.95. The number of benzene rings is 3. The number of hydrogen-bond donors (Lipinski definition) is 1. The first-order valence-electron chi connectivity index (χ1n) is 11.3. The molecule has 4 heteroatoms. The Balaban J connectivity index is 1.28. The van der Waals surface area contributed by atoms with Crippen molar-refractivity contribution in [1.29, 1.82) is 0 Å². The van der Waals surface area contributed by atoms with E-state index in [0.29, 0.717) is 19.5 Å². The first-order chi connectivity index (χ1) is 15.2. The van der Waals surface area contributed by atoms with Crippen LogP contribution in [0.3, 0.4) is 0 Å². The van der Waals surface area contributed by atoms with Crippen molar-refractivity contribution in [1.82, 2.24) is 10.2 Å². The van der Waals surface area contributed by atoms with E-state index in [0.717, 1.165) is 48.6 Å². The summed E-state index contributed by atoms with van der Waals surface area (Å²) in [5.41, 5.74) is 2.34. The largest absolute Gasteiger partial charge is 0.356 e. The molecular weight excluding hydrogens is 384 g/mol. The Kier molecular flexibility index (Phi) is 6.98. The van der Waals surface area contributed by atoms with E-state index in [-0.39, 0.29) is 17.7 Å². The molecule has 0 radical (unpaired) electrons. The van der Waals surface area contributed by atoms with Crippen molar-refractivity contribution in [2.24, 2.45) is 5.92 Å². The average molecular weight is 415 g/mol. The monoisotopic (exact) mass is 414 g/mol. The molecular formula is C27H30N2O2. The number of hydrogen-bond acceptors (Lipinski definition) is 2. The van der Waals surface area contributed by atoms with Crippen molar-refractivity contribution >= 4 is 22.6 Å². The fraction of sp³-hybridized carbons (Fsp3) is 0.333. The maximum Gasteiger partial charge on any atom is 0.227 e. The van der Waals surface area contributed by atoms with Gasteiger partial charge in [-0.25, -0.2) is 0 Å². The number of carbonyl (C=O) groups is 2.